The van der Waals surface area contributed by atoms with Crippen molar-refractivity contribution in [2.75, 3.05) is 13.3 Å². The molecule has 144 valence electrons. The standard InChI is InChI=1S/C20H19F3O4/c21-13-1-2-14-26-17-10-6-16(7-11-17)20(22,23)27-18-8-3-15(4-9-18)5-12-19(24)25/h3-12H,1-2,13-14H2,(H,24,25)/b12-5+. The Labute approximate surface area is 154 Å². The van der Waals surface area contributed by atoms with E-state index < -0.39 is 18.8 Å². The third-order valence-corrected chi connectivity index (χ3v) is 3.53. The van der Waals surface area contributed by atoms with E-state index in [-0.39, 0.29) is 11.3 Å². The Kier molecular flexibility index (Phi) is 7.28. The molecule has 0 amide bonds. The van der Waals surface area contributed by atoms with Crippen molar-refractivity contribution in [3.8, 4) is 11.5 Å². The van der Waals surface area contributed by atoms with Crippen LogP contribution in [-0.4, -0.2) is 24.4 Å². The maximum absolute atomic E-state index is 14.3. The van der Waals surface area contributed by atoms with Gasteiger partial charge < -0.3 is 14.6 Å². The SMILES string of the molecule is O=C(O)/C=C/c1ccc(OC(F)(F)c2ccc(OCCCCF)cc2)cc1. The minimum atomic E-state index is -3.55. The van der Waals surface area contributed by atoms with E-state index in [1.165, 1.54) is 54.6 Å². The molecule has 0 aliphatic rings. The van der Waals surface area contributed by atoms with Gasteiger partial charge in [-0.05, 0) is 60.9 Å². The van der Waals surface area contributed by atoms with Gasteiger partial charge in [-0.1, -0.05) is 12.1 Å². The molecule has 27 heavy (non-hydrogen) atoms. The first kappa shape index (κ1) is 20.4. The fourth-order valence-electron chi connectivity index (χ4n) is 2.15. The predicted molar refractivity (Wildman–Crippen MR) is 94.8 cm³/mol. The van der Waals surface area contributed by atoms with Gasteiger partial charge in [0.15, 0.2) is 0 Å². The number of carboxylic acids is 1. The minimum Gasteiger partial charge on any atom is -0.494 e. The number of aliphatic carboxylic acids is 1. The lowest BCUT2D eigenvalue weighted by Crippen LogP contribution is -2.21. The summed E-state index contributed by atoms with van der Waals surface area (Å²) in [5, 5.41) is 8.56. The van der Waals surface area contributed by atoms with Crippen LogP contribution in [-0.2, 0) is 10.9 Å². The van der Waals surface area contributed by atoms with Crippen molar-refractivity contribution in [2.45, 2.75) is 19.0 Å². The fourth-order valence-corrected chi connectivity index (χ4v) is 2.15. The molecule has 1 N–H and O–H groups in total. The summed E-state index contributed by atoms with van der Waals surface area (Å²) in [6.45, 7) is -0.0957. The molecule has 2 aromatic rings. The van der Waals surface area contributed by atoms with Crippen LogP contribution in [0.25, 0.3) is 6.08 Å². The van der Waals surface area contributed by atoms with E-state index in [9.17, 15) is 18.0 Å². The third-order valence-electron chi connectivity index (χ3n) is 3.53. The highest BCUT2D eigenvalue weighted by Gasteiger charge is 2.34. The molecule has 0 saturated heterocycles. The van der Waals surface area contributed by atoms with E-state index in [4.69, 9.17) is 14.6 Å². The largest absolute Gasteiger partial charge is 0.494 e. The molecule has 0 heterocycles. The normalized spacial score (nSPS) is 11.5. The number of carboxylic acid groups (broad SMARTS) is 1. The second-order valence-electron chi connectivity index (χ2n) is 5.63. The summed E-state index contributed by atoms with van der Waals surface area (Å²) in [5.74, 6) is -0.737. The summed E-state index contributed by atoms with van der Waals surface area (Å²) in [6.07, 6.45) is -0.308. The summed E-state index contributed by atoms with van der Waals surface area (Å²) in [6, 6.07) is 10.8. The summed E-state index contributed by atoms with van der Waals surface area (Å²) < 4.78 is 50.7. The first-order valence-electron chi connectivity index (χ1n) is 8.28. The van der Waals surface area contributed by atoms with Crippen molar-refractivity contribution < 1.29 is 32.5 Å². The summed E-state index contributed by atoms with van der Waals surface area (Å²) >= 11 is 0. The first-order valence-corrected chi connectivity index (χ1v) is 8.28. The molecule has 0 fully saturated rings. The highest BCUT2D eigenvalue weighted by molar-refractivity contribution is 5.85. The molecule has 0 bridgehead atoms. The number of hydrogen-bond acceptors (Lipinski definition) is 3. The van der Waals surface area contributed by atoms with Gasteiger partial charge >= 0.3 is 12.1 Å². The maximum atomic E-state index is 14.3. The topological polar surface area (TPSA) is 55.8 Å². The van der Waals surface area contributed by atoms with Crippen LogP contribution in [0.3, 0.4) is 0 Å². The zero-order valence-electron chi connectivity index (χ0n) is 14.4. The third kappa shape index (κ3) is 6.69. The van der Waals surface area contributed by atoms with E-state index >= 15 is 0 Å². The first-order chi connectivity index (χ1) is 12.9. The number of rotatable bonds is 10. The fraction of sp³-hybridized carbons (Fsp3) is 0.250. The molecule has 0 aliphatic heterocycles. The Morgan fingerprint density at radius 1 is 1.00 bits per heavy atom. The molecule has 0 spiro atoms. The van der Waals surface area contributed by atoms with Crippen LogP contribution in [0.15, 0.2) is 54.6 Å². The molecule has 0 aliphatic carbocycles. The van der Waals surface area contributed by atoms with E-state index in [1.807, 2.05) is 0 Å². The van der Waals surface area contributed by atoms with Gasteiger partial charge in [-0.3, -0.25) is 4.39 Å². The zero-order chi connectivity index (χ0) is 19.7. The number of unbranched alkanes of at least 4 members (excludes halogenated alkanes) is 1. The number of carbonyl (C=O) groups is 1. The molecule has 0 saturated carbocycles. The molecular formula is C20H19F3O4. The molecule has 2 aromatic carbocycles. The van der Waals surface area contributed by atoms with Gasteiger partial charge in [0.2, 0.25) is 0 Å². The molecular weight excluding hydrogens is 361 g/mol. The van der Waals surface area contributed by atoms with Crippen LogP contribution in [0, 0.1) is 0 Å². The maximum Gasteiger partial charge on any atom is 0.426 e. The molecule has 7 heteroatoms. The highest BCUT2D eigenvalue weighted by Crippen LogP contribution is 2.32. The molecule has 0 radical (unpaired) electrons. The van der Waals surface area contributed by atoms with Crippen LogP contribution >= 0.6 is 0 Å². The zero-order valence-corrected chi connectivity index (χ0v) is 14.4. The lowest BCUT2D eigenvalue weighted by Gasteiger charge is -2.18. The Bertz CT molecular complexity index is 756. The van der Waals surface area contributed by atoms with Gasteiger partial charge in [-0.2, -0.15) is 8.78 Å². The Morgan fingerprint density at radius 3 is 2.22 bits per heavy atom. The van der Waals surface area contributed by atoms with Gasteiger partial charge in [0.25, 0.3) is 0 Å². The van der Waals surface area contributed by atoms with Crippen LogP contribution in [0.2, 0.25) is 0 Å². The van der Waals surface area contributed by atoms with Crippen molar-refractivity contribution in [1.29, 1.82) is 0 Å². The van der Waals surface area contributed by atoms with Crippen LogP contribution in [0.1, 0.15) is 24.0 Å². The van der Waals surface area contributed by atoms with Gasteiger partial charge in [-0.25, -0.2) is 4.79 Å². The van der Waals surface area contributed by atoms with Crippen LogP contribution in [0.4, 0.5) is 13.2 Å². The quantitative estimate of drug-likeness (QED) is 0.463. The van der Waals surface area contributed by atoms with Crippen molar-refractivity contribution in [3.05, 3.63) is 65.7 Å². The van der Waals surface area contributed by atoms with Crippen molar-refractivity contribution in [3.63, 3.8) is 0 Å². The molecule has 0 aromatic heterocycles. The predicted octanol–water partition coefficient (Wildman–Crippen LogP) is 5.04. The van der Waals surface area contributed by atoms with Crippen molar-refractivity contribution >= 4 is 12.0 Å². The number of benzene rings is 2. The lowest BCUT2D eigenvalue weighted by molar-refractivity contribution is -0.185. The summed E-state index contributed by atoms with van der Waals surface area (Å²) in [4.78, 5) is 10.5. The number of alkyl halides is 3. The number of halogens is 3. The summed E-state index contributed by atoms with van der Waals surface area (Å²) in [7, 11) is 0. The van der Waals surface area contributed by atoms with Gasteiger partial charge in [-0.15, -0.1) is 0 Å². The molecule has 2 rings (SSSR count). The van der Waals surface area contributed by atoms with Crippen LogP contribution < -0.4 is 9.47 Å². The summed E-state index contributed by atoms with van der Waals surface area (Å²) in [5.41, 5.74) is 0.204. The van der Waals surface area contributed by atoms with Gasteiger partial charge in [0.1, 0.15) is 11.5 Å². The van der Waals surface area contributed by atoms with Gasteiger partial charge in [0, 0.05) is 6.08 Å². The minimum absolute atomic E-state index is 0.0565. The highest BCUT2D eigenvalue weighted by atomic mass is 19.3. The molecule has 0 unspecified atom stereocenters. The smallest absolute Gasteiger partial charge is 0.426 e. The average Bonchev–Trinajstić information content (AvgIpc) is 2.65. The van der Waals surface area contributed by atoms with E-state index in [2.05, 4.69) is 0 Å². The van der Waals surface area contributed by atoms with Crippen molar-refractivity contribution in [2.24, 2.45) is 0 Å². The Hall–Kier alpha value is -2.96. The molecule has 4 nitrogen and oxygen atoms in total. The second kappa shape index (κ2) is 9.66. The molecule has 0 atom stereocenters. The monoisotopic (exact) mass is 380 g/mol. The number of hydrogen-bond donors (Lipinski definition) is 1. The average molecular weight is 380 g/mol. The van der Waals surface area contributed by atoms with Crippen LogP contribution in [0.5, 0.6) is 11.5 Å². The Morgan fingerprint density at radius 2 is 1.63 bits per heavy atom. The van der Waals surface area contributed by atoms with E-state index in [0.29, 0.717) is 30.8 Å². The second-order valence-corrected chi connectivity index (χ2v) is 5.63. The Balaban J connectivity index is 1.97. The lowest BCUT2D eigenvalue weighted by atomic mass is 10.2. The number of ether oxygens (including phenoxy) is 2. The van der Waals surface area contributed by atoms with E-state index in [1.54, 1.807) is 0 Å². The van der Waals surface area contributed by atoms with Crippen molar-refractivity contribution in [1.82, 2.24) is 0 Å². The van der Waals surface area contributed by atoms with Gasteiger partial charge in [0.05, 0.1) is 18.8 Å². The van der Waals surface area contributed by atoms with E-state index in [0.717, 1.165) is 6.08 Å².